The molecular weight excluding hydrogens is 352 g/mol. The van der Waals surface area contributed by atoms with Crippen LogP contribution in [0.4, 0.5) is 11.4 Å². The normalized spacial score (nSPS) is 12.2. The molecule has 0 aliphatic carbocycles. The molecule has 0 aliphatic heterocycles. The molecule has 1 heterocycles. The molecule has 1 aromatic carbocycles. The molecule has 2 aromatic rings. The summed E-state index contributed by atoms with van der Waals surface area (Å²) in [5.74, 6) is 0. The SMILES string of the molecule is CC(Nc1ccc([N+](=O)[O-])c(Cl)c1)c1ccc(Br)s1. The average Bonchev–Trinajstić information content (AvgIpc) is 2.75. The van der Waals surface area contributed by atoms with Gasteiger partial charge in [0.05, 0.1) is 14.8 Å². The summed E-state index contributed by atoms with van der Waals surface area (Å²) in [6.45, 7) is 2.02. The van der Waals surface area contributed by atoms with Crippen LogP contribution in [-0.2, 0) is 0 Å². The number of nitrogens with zero attached hydrogens (tertiary/aromatic N) is 1. The van der Waals surface area contributed by atoms with Crippen LogP contribution in [0, 0.1) is 10.1 Å². The Morgan fingerprint density at radius 2 is 2.16 bits per heavy atom. The second-order valence-electron chi connectivity index (χ2n) is 3.93. The van der Waals surface area contributed by atoms with E-state index in [1.807, 2.05) is 19.1 Å². The fourth-order valence-corrected chi connectivity index (χ4v) is 3.30. The molecule has 0 saturated heterocycles. The van der Waals surface area contributed by atoms with E-state index < -0.39 is 4.92 Å². The van der Waals surface area contributed by atoms with Crippen LogP contribution in [0.3, 0.4) is 0 Å². The van der Waals surface area contributed by atoms with Gasteiger partial charge in [0.2, 0.25) is 0 Å². The van der Waals surface area contributed by atoms with E-state index in [1.54, 1.807) is 23.5 Å². The van der Waals surface area contributed by atoms with Crippen molar-refractivity contribution in [1.82, 2.24) is 0 Å². The van der Waals surface area contributed by atoms with Crippen molar-refractivity contribution in [2.24, 2.45) is 0 Å². The third-order valence-corrected chi connectivity index (χ3v) is 4.66. The van der Waals surface area contributed by atoms with Crippen LogP contribution >= 0.6 is 38.9 Å². The number of anilines is 1. The van der Waals surface area contributed by atoms with Crippen molar-refractivity contribution in [1.29, 1.82) is 0 Å². The van der Waals surface area contributed by atoms with E-state index in [1.165, 1.54) is 10.9 Å². The van der Waals surface area contributed by atoms with E-state index in [2.05, 4.69) is 21.2 Å². The molecule has 1 aromatic heterocycles. The molecule has 0 amide bonds. The zero-order valence-electron chi connectivity index (χ0n) is 9.89. The predicted octanol–water partition coefficient (Wildman–Crippen LogP) is 5.25. The topological polar surface area (TPSA) is 55.2 Å². The minimum atomic E-state index is -0.494. The molecule has 1 atom stereocenters. The molecule has 0 aliphatic rings. The summed E-state index contributed by atoms with van der Waals surface area (Å²) >= 11 is 10.9. The van der Waals surface area contributed by atoms with E-state index in [0.717, 1.165) is 9.47 Å². The van der Waals surface area contributed by atoms with Gasteiger partial charge >= 0.3 is 0 Å². The van der Waals surface area contributed by atoms with Crippen LogP contribution < -0.4 is 5.32 Å². The Balaban J connectivity index is 2.15. The van der Waals surface area contributed by atoms with Crippen molar-refractivity contribution in [2.75, 3.05) is 5.32 Å². The van der Waals surface area contributed by atoms with Gasteiger partial charge in [-0.2, -0.15) is 0 Å². The lowest BCUT2D eigenvalue weighted by atomic mass is 10.2. The summed E-state index contributed by atoms with van der Waals surface area (Å²) in [6, 6.07) is 8.75. The fourth-order valence-electron chi connectivity index (χ4n) is 1.63. The third-order valence-electron chi connectivity index (χ3n) is 2.55. The van der Waals surface area contributed by atoms with Gasteiger partial charge in [-0.05, 0) is 47.1 Å². The van der Waals surface area contributed by atoms with Crippen molar-refractivity contribution in [3.8, 4) is 0 Å². The highest BCUT2D eigenvalue weighted by Gasteiger charge is 2.14. The smallest absolute Gasteiger partial charge is 0.288 e. The Morgan fingerprint density at radius 3 is 2.68 bits per heavy atom. The third kappa shape index (κ3) is 3.46. The van der Waals surface area contributed by atoms with Crippen molar-refractivity contribution in [2.45, 2.75) is 13.0 Å². The van der Waals surface area contributed by atoms with Crippen molar-refractivity contribution in [3.05, 3.63) is 54.1 Å². The maximum atomic E-state index is 10.7. The number of nitro benzene ring substituents is 1. The van der Waals surface area contributed by atoms with Crippen molar-refractivity contribution in [3.63, 3.8) is 0 Å². The number of halogens is 2. The number of hydrogen-bond acceptors (Lipinski definition) is 4. The summed E-state index contributed by atoms with van der Waals surface area (Å²) in [7, 11) is 0. The van der Waals surface area contributed by atoms with E-state index in [9.17, 15) is 10.1 Å². The van der Waals surface area contributed by atoms with Gasteiger partial charge in [0, 0.05) is 16.6 Å². The Bertz CT molecular complexity index is 618. The van der Waals surface area contributed by atoms with E-state index in [-0.39, 0.29) is 16.8 Å². The number of thiophene rings is 1. The molecule has 0 saturated carbocycles. The second kappa shape index (κ2) is 5.90. The van der Waals surface area contributed by atoms with Gasteiger partial charge < -0.3 is 5.32 Å². The maximum Gasteiger partial charge on any atom is 0.288 e. The van der Waals surface area contributed by atoms with Crippen LogP contribution in [0.2, 0.25) is 5.02 Å². The lowest BCUT2D eigenvalue weighted by Gasteiger charge is -2.13. The highest BCUT2D eigenvalue weighted by molar-refractivity contribution is 9.11. The Labute approximate surface area is 127 Å². The maximum absolute atomic E-state index is 10.7. The number of nitro groups is 1. The first-order valence-corrected chi connectivity index (χ1v) is 7.42. The highest BCUT2D eigenvalue weighted by Crippen LogP contribution is 2.32. The Kier molecular flexibility index (Phi) is 4.44. The van der Waals surface area contributed by atoms with Crippen LogP contribution in [-0.4, -0.2) is 4.92 Å². The molecule has 1 N–H and O–H groups in total. The summed E-state index contributed by atoms with van der Waals surface area (Å²) < 4.78 is 1.07. The molecular formula is C12H10BrClN2O2S. The molecule has 2 rings (SSSR count). The van der Waals surface area contributed by atoms with Gasteiger partial charge in [-0.3, -0.25) is 10.1 Å². The molecule has 0 fully saturated rings. The molecule has 4 nitrogen and oxygen atoms in total. The molecule has 7 heteroatoms. The predicted molar refractivity (Wildman–Crippen MR) is 82.2 cm³/mol. The van der Waals surface area contributed by atoms with Gasteiger partial charge in [0.25, 0.3) is 5.69 Å². The molecule has 0 radical (unpaired) electrons. The minimum absolute atomic E-state index is 0.0845. The second-order valence-corrected chi connectivity index (χ2v) is 6.83. The van der Waals surface area contributed by atoms with Crippen LogP contribution in [0.1, 0.15) is 17.8 Å². The molecule has 100 valence electrons. The largest absolute Gasteiger partial charge is 0.378 e. The van der Waals surface area contributed by atoms with Gasteiger partial charge in [-0.15, -0.1) is 11.3 Å². The minimum Gasteiger partial charge on any atom is -0.378 e. The van der Waals surface area contributed by atoms with Crippen molar-refractivity contribution < 1.29 is 4.92 Å². The Hall–Kier alpha value is -1.11. The van der Waals surface area contributed by atoms with Gasteiger partial charge in [0.1, 0.15) is 5.02 Å². The van der Waals surface area contributed by atoms with Crippen molar-refractivity contribution >= 4 is 50.2 Å². The van der Waals surface area contributed by atoms with Crippen LogP contribution in [0.5, 0.6) is 0 Å². The van der Waals surface area contributed by atoms with Gasteiger partial charge in [0.15, 0.2) is 0 Å². The molecule has 19 heavy (non-hydrogen) atoms. The number of nitrogens with one attached hydrogen (secondary N) is 1. The van der Waals surface area contributed by atoms with Gasteiger partial charge in [-0.25, -0.2) is 0 Å². The molecule has 0 bridgehead atoms. The quantitative estimate of drug-likeness (QED) is 0.598. The van der Waals surface area contributed by atoms with Crippen LogP contribution in [0.15, 0.2) is 34.1 Å². The summed E-state index contributed by atoms with van der Waals surface area (Å²) in [5, 5.41) is 14.1. The number of hydrogen-bond donors (Lipinski definition) is 1. The lowest BCUT2D eigenvalue weighted by Crippen LogP contribution is -2.04. The zero-order valence-corrected chi connectivity index (χ0v) is 13.1. The molecule has 1 unspecified atom stereocenters. The van der Waals surface area contributed by atoms with E-state index >= 15 is 0 Å². The lowest BCUT2D eigenvalue weighted by molar-refractivity contribution is -0.384. The fraction of sp³-hybridized carbons (Fsp3) is 0.167. The summed E-state index contributed by atoms with van der Waals surface area (Å²) in [6.07, 6.45) is 0. The summed E-state index contributed by atoms with van der Waals surface area (Å²) in [4.78, 5) is 11.4. The van der Waals surface area contributed by atoms with E-state index in [4.69, 9.17) is 11.6 Å². The first-order chi connectivity index (χ1) is 8.97. The first kappa shape index (κ1) is 14.3. The monoisotopic (exact) mass is 360 g/mol. The number of benzene rings is 1. The Morgan fingerprint density at radius 1 is 1.42 bits per heavy atom. The van der Waals surface area contributed by atoms with Gasteiger partial charge in [-0.1, -0.05) is 11.6 Å². The zero-order chi connectivity index (χ0) is 14.0. The standard InChI is InChI=1S/C12H10BrClN2O2S/c1-7(11-4-5-12(13)19-11)15-8-2-3-10(16(17)18)9(14)6-8/h2-7,15H,1H3. The van der Waals surface area contributed by atoms with E-state index in [0.29, 0.717) is 0 Å². The van der Waals surface area contributed by atoms with Crippen LogP contribution in [0.25, 0.3) is 0 Å². The average molecular weight is 362 g/mol. The number of rotatable bonds is 4. The first-order valence-electron chi connectivity index (χ1n) is 5.43. The summed E-state index contributed by atoms with van der Waals surface area (Å²) in [5.41, 5.74) is 0.673. The molecule has 0 spiro atoms. The highest BCUT2D eigenvalue weighted by atomic mass is 79.9.